The molecule has 28 heavy (non-hydrogen) atoms. The van der Waals surface area contributed by atoms with Crippen LogP contribution in [0.15, 0.2) is 28.8 Å². The van der Waals surface area contributed by atoms with E-state index in [1.54, 1.807) is 4.90 Å². The molecule has 2 heterocycles. The van der Waals surface area contributed by atoms with Gasteiger partial charge < -0.3 is 14.5 Å². The van der Waals surface area contributed by atoms with Crippen molar-refractivity contribution in [1.82, 2.24) is 15.0 Å². The van der Waals surface area contributed by atoms with Crippen molar-refractivity contribution in [2.45, 2.75) is 44.3 Å². The van der Waals surface area contributed by atoms with Crippen LogP contribution in [0.1, 0.15) is 48.4 Å². The Hall–Kier alpha value is -2.91. The van der Waals surface area contributed by atoms with Crippen LogP contribution >= 0.6 is 0 Å². The fourth-order valence-corrected chi connectivity index (χ4v) is 3.24. The van der Waals surface area contributed by atoms with Crippen LogP contribution in [0.25, 0.3) is 11.4 Å². The number of carboxylic acids is 1. The topological polar surface area (TPSA) is 96.5 Å². The van der Waals surface area contributed by atoms with Crippen molar-refractivity contribution in [1.29, 1.82) is 0 Å². The lowest BCUT2D eigenvalue weighted by Gasteiger charge is -2.35. The van der Waals surface area contributed by atoms with Crippen molar-refractivity contribution in [3.05, 3.63) is 35.7 Å². The summed E-state index contributed by atoms with van der Waals surface area (Å²) in [7, 11) is 0. The van der Waals surface area contributed by atoms with Crippen molar-refractivity contribution >= 4 is 11.9 Å². The van der Waals surface area contributed by atoms with Gasteiger partial charge in [-0.15, -0.1) is 0 Å². The molecule has 0 radical (unpaired) electrons. The molecule has 1 unspecified atom stereocenters. The Balaban J connectivity index is 1.73. The molecule has 2 aromatic rings. The number of rotatable bonds is 5. The van der Waals surface area contributed by atoms with E-state index in [4.69, 9.17) is 5.11 Å². The standard InChI is InChI=1S/C18H18F3N3O4/c19-18(20,21)17-22-15(23-28-17)11-4-6-12(7-5-11)16(27)24-10-2-1-3-13(24)8-9-14(25)26/h4-7,13H,1-3,8-10H2,(H,25,26). The lowest BCUT2D eigenvalue weighted by atomic mass is 9.96. The third-order valence-corrected chi connectivity index (χ3v) is 4.64. The van der Waals surface area contributed by atoms with E-state index in [2.05, 4.69) is 14.7 Å². The molecule has 1 amide bonds. The number of hydrogen-bond donors (Lipinski definition) is 1. The summed E-state index contributed by atoms with van der Waals surface area (Å²) >= 11 is 0. The Bertz CT molecular complexity index is 849. The fourth-order valence-electron chi connectivity index (χ4n) is 3.24. The first-order valence-electron chi connectivity index (χ1n) is 8.80. The van der Waals surface area contributed by atoms with Crippen LogP contribution in [-0.2, 0) is 11.0 Å². The minimum absolute atomic E-state index is 0.00719. The molecule has 1 saturated heterocycles. The van der Waals surface area contributed by atoms with E-state index in [-0.39, 0.29) is 29.8 Å². The highest BCUT2D eigenvalue weighted by molar-refractivity contribution is 5.95. The van der Waals surface area contributed by atoms with Gasteiger partial charge in [0.2, 0.25) is 5.82 Å². The molecule has 1 aromatic carbocycles. The van der Waals surface area contributed by atoms with Crippen molar-refractivity contribution in [3.8, 4) is 11.4 Å². The third kappa shape index (κ3) is 4.49. The van der Waals surface area contributed by atoms with Crippen LogP contribution < -0.4 is 0 Å². The van der Waals surface area contributed by atoms with Crippen LogP contribution in [0.5, 0.6) is 0 Å². The highest BCUT2D eigenvalue weighted by atomic mass is 19.4. The number of aromatic nitrogens is 2. The summed E-state index contributed by atoms with van der Waals surface area (Å²) in [5.74, 6) is -2.78. The van der Waals surface area contributed by atoms with Crippen LogP contribution in [0.4, 0.5) is 13.2 Å². The maximum atomic E-state index is 12.8. The van der Waals surface area contributed by atoms with E-state index in [0.29, 0.717) is 18.5 Å². The number of carbonyl (C=O) groups is 2. The lowest BCUT2D eigenvalue weighted by molar-refractivity contribution is -0.159. The number of amides is 1. The number of hydrogen-bond acceptors (Lipinski definition) is 5. The zero-order valence-corrected chi connectivity index (χ0v) is 14.8. The predicted octanol–water partition coefficient (Wildman–Crippen LogP) is 3.61. The van der Waals surface area contributed by atoms with Gasteiger partial charge in [0.05, 0.1) is 0 Å². The molecule has 7 nitrogen and oxygen atoms in total. The van der Waals surface area contributed by atoms with E-state index >= 15 is 0 Å². The molecule has 1 aliphatic rings. The van der Waals surface area contributed by atoms with E-state index in [1.165, 1.54) is 24.3 Å². The summed E-state index contributed by atoms with van der Waals surface area (Å²) in [5, 5.41) is 12.2. The molecule has 0 aliphatic carbocycles. The van der Waals surface area contributed by atoms with E-state index in [9.17, 15) is 22.8 Å². The normalized spacial score (nSPS) is 17.5. The van der Waals surface area contributed by atoms with Crippen molar-refractivity contribution in [2.24, 2.45) is 0 Å². The molecule has 3 rings (SSSR count). The van der Waals surface area contributed by atoms with Gasteiger partial charge in [0, 0.05) is 30.1 Å². The van der Waals surface area contributed by atoms with Gasteiger partial charge in [-0.05, 0) is 37.8 Å². The minimum Gasteiger partial charge on any atom is -0.481 e. The largest absolute Gasteiger partial charge is 0.481 e. The molecule has 1 aliphatic heterocycles. The molecular weight excluding hydrogens is 379 g/mol. The second kappa shape index (κ2) is 7.99. The SMILES string of the molecule is O=C(O)CCC1CCCCN1C(=O)c1ccc(-c2noc(C(F)(F)F)n2)cc1. The van der Waals surface area contributed by atoms with Gasteiger partial charge in [0.1, 0.15) is 0 Å². The predicted molar refractivity (Wildman–Crippen MR) is 90.3 cm³/mol. The number of nitrogens with zero attached hydrogens (tertiary/aromatic N) is 3. The summed E-state index contributed by atoms with van der Waals surface area (Å²) < 4.78 is 41.9. The third-order valence-electron chi connectivity index (χ3n) is 4.64. The second-order valence-corrected chi connectivity index (χ2v) is 6.58. The first-order valence-corrected chi connectivity index (χ1v) is 8.80. The Morgan fingerprint density at radius 2 is 1.93 bits per heavy atom. The average Bonchev–Trinajstić information content (AvgIpc) is 3.17. The maximum absolute atomic E-state index is 12.8. The quantitative estimate of drug-likeness (QED) is 0.828. The van der Waals surface area contributed by atoms with Crippen LogP contribution in [0.3, 0.4) is 0 Å². The van der Waals surface area contributed by atoms with Gasteiger partial charge in [-0.3, -0.25) is 9.59 Å². The van der Waals surface area contributed by atoms with Gasteiger partial charge >= 0.3 is 18.0 Å². The Labute approximate surface area is 158 Å². The first-order chi connectivity index (χ1) is 13.3. The van der Waals surface area contributed by atoms with Crippen LogP contribution in [0, 0.1) is 0 Å². The molecule has 1 atom stereocenters. The van der Waals surface area contributed by atoms with Gasteiger partial charge in [-0.25, -0.2) is 0 Å². The molecule has 150 valence electrons. The summed E-state index contributed by atoms with van der Waals surface area (Å²) in [4.78, 5) is 28.6. The van der Waals surface area contributed by atoms with Gasteiger partial charge in [0.25, 0.3) is 5.91 Å². The summed E-state index contributed by atoms with van der Waals surface area (Å²) in [6.07, 6.45) is -1.81. The smallest absolute Gasteiger partial charge is 0.471 e. The second-order valence-electron chi connectivity index (χ2n) is 6.58. The van der Waals surface area contributed by atoms with Crippen LogP contribution in [0.2, 0.25) is 0 Å². The summed E-state index contributed by atoms with van der Waals surface area (Å²) in [6.45, 7) is 0.546. The minimum atomic E-state index is -4.72. The van der Waals surface area contributed by atoms with Crippen molar-refractivity contribution < 1.29 is 32.4 Å². The molecule has 1 fully saturated rings. The van der Waals surface area contributed by atoms with Crippen molar-refractivity contribution in [2.75, 3.05) is 6.54 Å². The summed E-state index contributed by atoms with van der Waals surface area (Å²) in [6, 6.07) is 5.75. The van der Waals surface area contributed by atoms with Crippen molar-refractivity contribution in [3.63, 3.8) is 0 Å². The molecule has 0 bridgehead atoms. The Morgan fingerprint density at radius 1 is 1.21 bits per heavy atom. The summed E-state index contributed by atoms with van der Waals surface area (Å²) in [5.41, 5.74) is 0.655. The van der Waals surface area contributed by atoms with Gasteiger partial charge in [-0.2, -0.15) is 18.2 Å². The molecule has 0 spiro atoms. The number of alkyl halides is 3. The molecule has 0 saturated carbocycles. The van der Waals surface area contributed by atoms with E-state index in [0.717, 1.165) is 19.3 Å². The fraction of sp³-hybridized carbons (Fsp3) is 0.444. The maximum Gasteiger partial charge on any atom is 0.471 e. The molecule has 10 heteroatoms. The monoisotopic (exact) mass is 397 g/mol. The highest BCUT2D eigenvalue weighted by Crippen LogP contribution is 2.29. The molecular formula is C18H18F3N3O4. The lowest BCUT2D eigenvalue weighted by Crippen LogP contribution is -2.43. The van der Waals surface area contributed by atoms with Gasteiger partial charge in [0.15, 0.2) is 0 Å². The zero-order valence-electron chi connectivity index (χ0n) is 14.8. The number of likely N-dealkylation sites (tertiary alicyclic amines) is 1. The van der Waals surface area contributed by atoms with E-state index in [1.807, 2.05) is 0 Å². The Morgan fingerprint density at radius 3 is 2.54 bits per heavy atom. The zero-order chi connectivity index (χ0) is 20.3. The average molecular weight is 397 g/mol. The Kier molecular flexibility index (Phi) is 5.66. The number of carboxylic acid groups (broad SMARTS) is 1. The highest BCUT2D eigenvalue weighted by Gasteiger charge is 2.38. The molecule has 1 aromatic heterocycles. The molecule has 1 N–H and O–H groups in total. The van der Waals surface area contributed by atoms with Gasteiger partial charge in [-0.1, -0.05) is 17.3 Å². The number of aliphatic carboxylic acids is 1. The van der Waals surface area contributed by atoms with Crippen LogP contribution in [-0.4, -0.2) is 44.6 Å². The first kappa shape index (κ1) is 19.8. The number of benzene rings is 1. The number of piperidine rings is 1. The number of carbonyl (C=O) groups excluding carboxylic acids is 1. The van der Waals surface area contributed by atoms with E-state index < -0.39 is 18.0 Å². The number of halogens is 3.